The van der Waals surface area contributed by atoms with Gasteiger partial charge in [-0.1, -0.05) is 61.4 Å². The number of carbonyl (C=O) groups is 2. The van der Waals surface area contributed by atoms with Crippen LogP contribution in [0.1, 0.15) is 77.7 Å². The van der Waals surface area contributed by atoms with Crippen molar-refractivity contribution < 1.29 is 14.3 Å². The second kappa shape index (κ2) is 10.6. The number of halogens is 1. The molecule has 1 aromatic carbocycles. The molecular weight excluding hydrogens is 508 g/mol. The highest BCUT2D eigenvalue weighted by atomic mass is 35.5. The van der Waals surface area contributed by atoms with Crippen molar-refractivity contribution in [1.82, 2.24) is 0 Å². The zero-order valence-electron chi connectivity index (χ0n) is 23.2. The molecule has 206 valence electrons. The maximum atomic E-state index is 12.4. The first kappa shape index (κ1) is 27.7. The first-order valence-electron chi connectivity index (χ1n) is 14.3. The van der Waals surface area contributed by atoms with Crippen LogP contribution in [0.3, 0.4) is 0 Å². The van der Waals surface area contributed by atoms with Gasteiger partial charge in [0.05, 0.1) is 0 Å². The number of fused-ring (bicyclic) bond motifs is 5. The molecule has 3 fully saturated rings. The largest absolute Gasteiger partial charge is 0.462 e. The van der Waals surface area contributed by atoms with Crippen LogP contribution < -0.4 is 5.73 Å². The molecule has 1 aromatic rings. The molecule has 7 atom stereocenters. The molecule has 4 aliphatic carbocycles. The number of carbonyl (C=O) groups excluding carboxylic acids is 2. The average Bonchev–Trinajstić information content (AvgIpc) is 3.23. The van der Waals surface area contributed by atoms with Gasteiger partial charge in [-0.25, -0.2) is 0 Å². The Morgan fingerprint density at radius 2 is 1.95 bits per heavy atom. The average molecular weight is 547 g/mol. The molecule has 3 saturated carbocycles. The van der Waals surface area contributed by atoms with E-state index in [1.807, 2.05) is 36.4 Å². The summed E-state index contributed by atoms with van der Waals surface area (Å²) in [6.45, 7) is 6.32. The van der Waals surface area contributed by atoms with Crippen molar-refractivity contribution in [3.8, 4) is 6.07 Å². The highest BCUT2D eigenvalue weighted by Crippen LogP contribution is 2.67. The standard InChI is InChI=1S/C33H39ClN2O3/c1-20(37)39-24-13-15-32(2)22(18-24)8-10-26-29-12-11-28(33(29,3)16-14-30(26)32)25(27(19-35)31(36)38)9-7-21-5-4-6-23(34)17-21/h4-9,17,24,26,28-30H,10-16,18H2,1-3H3,(H2,36,38)/b9-7+,27-25+/t24-,26-,28+,29-,30-,32-,33+/m0/s1. The number of amides is 1. The number of nitriles is 1. The number of hydrogen-bond donors (Lipinski definition) is 1. The minimum absolute atomic E-state index is 0.000253. The van der Waals surface area contributed by atoms with E-state index in [9.17, 15) is 14.9 Å². The lowest BCUT2D eigenvalue weighted by Crippen LogP contribution is -2.50. The Morgan fingerprint density at radius 1 is 1.15 bits per heavy atom. The molecule has 0 aromatic heterocycles. The predicted molar refractivity (Wildman–Crippen MR) is 153 cm³/mol. The number of rotatable bonds is 5. The van der Waals surface area contributed by atoms with E-state index in [-0.39, 0.29) is 34.4 Å². The fraction of sp³-hybridized carbons (Fsp3) is 0.545. The number of nitrogens with two attached hydrogens (primary N) is 1. The molecule has 1 amide bonds. The van der Waals surface area contributed by atoms with Crippen LogP contribution in [0.2, 0.25) is 5.02 Å². The fourth-order valence-corrected chi connectivity index (χ4v) is 9.10. The van der Waals surface area contributed by atoms with Gasteiger partial charge < -0.3 is 10.5 Å². The number of allylic oxidation sites excluding steroid dienone is 3. The first-order chi connectivity index (χ1) is 18.6. The van der Waals surface area contributed by atoms with Crippen LogP contribution in [-0.4, -0.2) is 18.0 Å². The monoisotopic (exact) mass is 546 g/mol. The van der Waals surface area contributed by atoms with E-state index in [2.05, 4.69) is 26.0 Å². The van der Waals surface area contributed by atoms with Crippen molar-refractivity contribution in [3.05, 3.63) is 63.7 Å². The smallest absolute Gasteiger partial charge is 0.302 e. The van der Waals surface area contributed by atoms with Gasteiger partial charge >= 0.3 is 5.97 Å². The predicted octanol–water partition coefficient (Wildman–Crippen LogP) is 7.17. The molecule has 6 heteroatoms. The number of ether oxygens (including phenoxy) is 1. The zero-order valence-corrected chi connectivity index (χ0v) is 24.0. The van der Waals surface area contributed by atoms with Crippen LogP contribution in [0.5, 0.6) is 0 Å². The number of esters is 1. The maximum Gasteiger partial charge on any atom is 0.302 e. The van der Waals surface area contributed by atoms with Crippen LogP contribution in [0.15, 0.2) is 53.1 Å². The Bertz CT molecular complexity index is 1310. The van der Waals surface area contributed by atoms with E-state index in [1.54, 1.807) is 0 Å². The van der Waals surface area contributed by atoms with Crippen molar-refractivity contribution >= 4 is 29.6 Å². The SMILES string of the molecule is CC(=O)O[C@H]1CC[C@@]2(C)C(=CC[C@H]3[C@@H]4CC[C@H](C(/C=C/c5cccc(Cl)c5)=C(\C#N)C(N)=O)[C@@]4(C)CC[C@@H]32)C1. The molecule has 0 heterocycles. The quantitative estimate of drug-likeness (QED) is 0.139. The topological polar surface area (TPSA) is 93.2 Å². The summed E-state index contributed by atoms with van der Waals surface area (Å²) in [6, 6.07) is 9.69. The van der Waals surface area contributed by atoms with Gasteiger partial charge in [-0.15, -0.1) is 0 Å². The van der Waals surface area contributed by atoms with Gasteiger partial charge in [-0.05, 0) is 103 Å². The molecule has 0 aliphatic heterocycles. The Balaban J connectivity index is 1.45. The van der Waals surface area contributed by atoms with Gasteiger partial charge in [0, 0.05) is 18.4 Å². The van der Waals surface area contributed by atoms with Crippen molar-refractivity contribution in [3.63, 3.8) is 0 Å². The summed E-state index contributed by atoms with van der Waals surface area (Å²) in [5.41, 5.74) is 9.13. The van der Waals surface area contributed by atoms with Crippen LogP contribution in [0.25, 0.3) is 6.08 Å². The molecule has 39 heavy (non-hydrogen) atoms. The summed E-state index contributed by atoms with van der Waals surface area (Å²) in [5.74, 6) is 0.942. The zero-order chi connectivity index (χ0) is 27.9. The van der Waals surface area contributed by atoms with Crippen LogP contribution >= 0.6 is 11.6 Å². The van der Waals surface area contributed by atoms with Gasteiger partial charge in [0.2, 0.25) is 0 Å². The van der Waals surface area contributed by atoms with Gasteiger partial charge in [-0.3, -0.25) is 9.59 Å². The van der Waals surface area contributed by atoms with Crippen molar-refractivity contribution in [2.24, 2.45) is 40.2 Å². The van der Waals surface area contributed by atoms with Gasteiger partial charge in [-0.2, -0.15) is 5.26 Å². The van der Waals surface area contributed by atoms with E-state index < -0.39 is 5.91 Å². The second-order valence-electron chi connectivity index (χ2n) is 12.6. The molecule has 0 bridgehead atoms. The van der Waals surface area contributed by atoms with Crippen LogP contribution in [0, 0.1) is 45.8 Å². The van der Waals surface area contributed by atoms with E-state index in [0.29, 0.717) is 22.8 Å². The summed E-state index contributed by atoms with van der Waals surface area (Å²) >= 11 is 6.20. The third-order valence-electron chi connectivity index (χ3n) is 10.7. The van der Waals surface area contributed by atoms with Crippen LogP contribution in [0.4, 0.5) is 0 Å². The van der Waals surface area contributed by atoms with E-state index in [1.165, 1.54) is 12.5 Å². The normalized spacial score (nSPS) is 36.1. The highest BCUT2D eigenvalue weighted by Gasteiger charge is 2.59. The summed E-state index contributed by atoms with van der Waals surface area (Å²) < 4.78 is 5.60. The molecule has 2 N–H and O–H groups in total. The molecule has 5 rings (SSSR count). The summed E-state index contributed by atoms with van der Waals surface area (Å²) in [7, 11) is 0. The van der Waals surface area contributed by atoms with Gasteiger partial charge in [0.15, 0.2) is 0 Å². The summed E-state index contributed by atoms with van der Waals surface area (Å²) in [6.07, 6.45) is 14.4. The number of primary amides is 1. The third-order valence-corrected chi connectivity index (χ3v) is 11.0. The third kappa shape index (κ3) is 4.97. The maximum absolute atomic E-state index is 12.4. The molecule has 4 aliphatic rings. The fourth-order valence-electron chi connectivity index (χ4n) is 8.91. The Kier molecular flexibility index (Phi) is 7.55. The van der Waals surface area contributed by atoms with E-state index in [4.69, 9.17) is 22.1 Å². The summed E-state index contributed by atoms with van der Waals surface area (Å²) in [4.78, 5) is 24.0. The number of nitrogens with zero attached hydrogens (tertiary/aromatic N) is 1. The molecule has 0 radical (unpaired) electrons. The van der Waals surface area contributed by atoms with Crippen LogP contribution in [-0.2, 0) is 14.3 Å². The molecule has 0 spiro atoms. The molecule has 0 saturated heterocycles. The van der Waals surface area contributed by atoms with Crippen molar-refractivity contribution in [1.29, 1.82) is 5.26 Å². The van der Waals surface area contributed by atoms with Crippen molar-refractivity contribution in [2.45, 2.75) is 78.2 Å². The van der Waals surface area contributed by atoms with Gasteiger partial charge in [0.1, 0.15) is 17.7 Å². The Labute approximate surface area is 237 Å². The lowest BCUT2D eigenvalue weighted by atomic mass is 9.47. The summed E-state index contributed by atoms with van der Waals surface area (Å²) in [5, 5.41) is 10.6. The second-order valence-corrected chi connectivity index (χ2v) is 13.0. The van der Waals surface area contributed by atoms with E-state index >= 15 is 0 Å². The molecule has 5 nitrogen and oxygen atoms in total. The number of hydrogen-bond acceptors (Lipinski definition) is 4. The molecule has 0 unspecified atom stereocenters. The number of benzene rings is 1. The Hall–Kier alpha value is -2.84. The lowest BCUT2D eigenvalue weighted by Gasteiger charge is -2.58. The Morgan fingerprint density at radius 3 is 2.64 bits per heavy atom. The minimum atomic E-state index is -0.661. The minimum Gasteiger partial charge on any atom is -0.462 e. The van der Waals surface area contributed by atoms with Gasteiger partial charge in [0.25, 0.3) is 5.91 Å². The lowest BCUT2D eigenvalue weighted by molar-refractivity contribution is -0.148. The molecular formula is C33H39ClN2O3. The highest BCUT2D eigenvalue weighted by molar-refractivity contribution is 6.30. The van der Waals surface area contributed by atoms with E-state index in [0.717, 1.165) is 62.5 Å². The van der Waals surface area contributed by atoms with Crippen molar-refractivity contribution in [2.75, 3.05) is 0 Å². The first-order valence-corrected chi connectivity index (χ1v) is 14.7.